The molecule has 2 heterocycles. The Bertz CT molecular complexity index is 1310. The van der Waals surface area contributed by atoms with Crippen LogP contribution in [-0.2, 0) is 17.8 Å². The summed E-state index contributed by atoms with van der Waals surface area (Å²) >= 11 is 5.95. The maximum Gasteiger partial charge on any atom is 0.223 e. The van der Waals surface area contributed by atoms with Gasteiger partial charge in [0.15, 0.2) is 0 Å². The SMILES string of the molecule is Cc1ccccc1Cn1c(N2CCC(C(=O)NCCc3ccc(Cl)cc3)CC2)nc2ccccc21. The van der Waals surface area contributed by atoms with Crippen molar-refractivity contribution in [2.24, 2.45) is 5.92 Å². The highest BCUT2D eigenvalue weighted by Gasteiger charge is 2.27. The van der Waals surface area contributed by atoms with Crippen molar-refractivity contribution in [2.45, 2.75) is 32.7 Å². The van der Waals surface area contributed by atoms with E-state index < -0.39 is 0 Å². The number of para-hydroxylation sites is 2. The largest absolute Gasteiger partial charge is 0.356 e. The van der Waals surface area contributed by atoms with Gasteiger partial charge in [-0.1, -0.05) is 60.1 Å². The van der Waals surface area contributed by atoms with Crippen LogP contribution >= 0.6 is 11.6 Å². The van der Waals surface area contributed by atoms with Crippen LogP contribution in [0.4, 0.5) is 5.95 Å². The lowest BCUT2D eigenvalue weighted by molar-refractivity contribution is -0.125. The van der Waals surface area contributed by atoms with Crippen LogP contribution in [0.5, 0.6) is 0 Å². The molecule has 5 rings (SSSR count). The predicted octanol–water partition coefficient (Wildman–Crippen LogP) is 5.62. The van der Waals surface area contributed by atoms with Crippen molar-refractivity contribution in [3.05, 3.63) is 94.5 Å². The first-order valence-electron chi connectivity index (χ1n) is 12.4. The number of imidazole rings is 1. The number of fused-ring (bicyclic) bond motifs is 1. The number of aryl methyl sites for hydroxylation is 1. The fraction of sp³-hybridized carbons (Fsp3) is 0.310. The Morgan fingerprint density at radius 3 is 2.49 bits per heavy atom. The highest BCUT2D eigenvalue weighted by molar-refractivity contribution is 6.30. The van der Waals surface area contributed by atoms with Gasteiger partial charge in [-0.05, 0) is 67.1 Å². The summed E-state index contributed by atoms with van der Waals surface area (Å²) in [5.74, 6) is 1.20. The third kappa shape index (κ3) is 5.35. The number of aromatic nitrogens is 2. The first-order chi connectivity index (χ1) is 17.1. The number of piperidine rings is 1. The summed E-state index contributed by atoms with van der Waals surface area (Å²) < 4.78 is 2.32. The third-order valence-electron chi connectivity index (χ3n) is 7.00. The molecular weight excluding hydrogens is 456 g/mol. The molecule has 0 bridgehead atoms. The molecule has 0 unspecified atom stereocenters. The van der Waals surface area contributed by atoms with Crippen molar-refractivity contribution in [2.75, 3.05) is 24.5 Å². The van der Waals surface area contributed by atoms with E-state index in [-0.39, 0.29) is 11.8 Å². The number of anilines is 1. The van der Waals surface area contributed by atoms with Crippen LogP contribution in [0, 0.1) is 12.8 Å². The zero-order chi connectivity index (χ0) is 24.2. The Labute approximate surface area is 211 Å². The topological polar surface area (TPSA) is 50.2 Å². The summed E-state index contributed by atoms with van der Waals surface area (Å²) in [6.07, 6.45) is 2.48. The molecular formula is C29H31ClN4O. The number of carbonyl (C=O) groups excluding carboxylic acids is 1. The summed E-state index contributed by atoms with van der Waals surface area (Å²) in [5.41, 5.74) is 5.92. The maximum atomic E-state index is 12.8. The summed E-state index contributed by atoms with van der Waals surface area (Å²) in [6.45, 7) is 5.24. The number of halogens is 1. The normalized spacial score (nSPS) is 14.4. The Kier molecular flexibility index (Phi) is 7.05. The minimum Gasteiger partial charge on any atom is -0.356 e. The average molecular weight is 487 g/mol. The maximum absolute atomic E-state index is 12.8. The number of rotatable bonds is 7. The second-order valence-electron chi connectivity index (χ2n) is 9.34. The number of carbonyl (C=O) groups is 1. The molecule has 3 aromatic carbocycles. The zero-order valence-corrected chi connectivity index (χ0v) is 20.8. The molecule has 1 saturated heterocycles. The second-order valence-corrected chi connectivity index (χ2v) is 9.78. The van der Waals surface area contributed by atoms with E-state index in [9.17, 15) is 4.79 Å². The molecule has 180 valence electrons. The van der Waals surface area contributed by atoms with Gasteiger partial charge < -0.3 is 14.8 Å². The molecule has 6 heteroatoms. The van der Waals surface area contributed by atoms with E-state index in [1.165, 1.54) is 16.7 Å². The fourth-order valence-electron chi connectivity index (χ4n) is 4.89. The molecule has 1 aliphatic rings. The van der Waals surface area contributed by atoms with E-state index in [2.05, 4.69) is 64.2 Å². The first-order valence-corrected chi connectivity index (χ1v) is 12.7. The fourth-order valence-corrected chi connectivity index (χ4v) is 5.01. The molecule has 4 aromatic rings. The first kappa shape index (κ1) is 23.4. The molecule has 1 fully saturated rings. The summed E-state index contributed by atoms with van der Waals surface area (Å²) in [6, 6.07) is 24.7. The molecule has 1 N–H and O–H groups in total. The lowest BCUT2D eigenvalue weighted by atomic mass is 9.96. The summed E-state index contributed by atoms with van der Waals surface area (Å²) in [4.78, 5) is 20.1. The number of nitrogens with zero attached hydrogens (tertiary/aromatic N) is 3. The van der Waals surface area contributed by atoms with E-state index in [1.54, 1.807) is 0 Å². The highest BCUT2D eigenvalue weighted by atomic mass is 35.5. The molecule has 1 aromatic heterocycles. The third-order valence-corrected chi connectivity index (χ3v) is 7.25. The molecule has 0 radical (unpaired) electrons. The smallest absolute Gasteiger partial charge is 0.223 e. The Hall–Kier alpha value is -3.31. The molecule has 1 aliphatic heterocycles. The van der Waals surface area contributed by atoms with E-state index >= 15 is 0 Å². The Balaban J connectivity index is 1.24. The van der Waals surface area contributed by atoms with Crippen molar-refractivity contribution in [1.82, 2.24) is 14.9 Å². The Morgan fingerprint density at radius 1 is 1.00 bits per heavy atom. The number of nitrogens with one attached hydrogen (secondary N) is 1. The molecule has 5 nitrogen and oxygen atoms in total. The van der Waals surface area contributed by atoms with Gasteiger partial charge >= 0.3 is 0 Å². The minimum atomic E-state index is 0.0469. The monoisotopic (exact) mass is 486 g/mol. The standard InChI is InChI=1S/C29H31ClN4O/c1-21-6-2-3-7-24(21)20-34-27-9-5-4-8-26(27)32-29(34)33-18-15-23(16-19-33)28(35)31-17-14-22-10-12-25(30)13-11-22/h2-13,23H,14-20H2,1H3,(H,31,35). The van der Waals surface area contributed by atoms with Gasteiger partial charge in [-0.2, -0.15) is 0 Å². The molecule has 0 atom stereocenters. The number of benzene rings is 3. The van der Waals surface area contributed by atoms with Crippen molar-refractivity contribution in [1.29, 1.82) is 0 Å². The molecule has 0 saturated carbocycles. The lowest BCUT2D eigenvalue weighted by Crippen LogP contribution is -2.42. The van der Waals surface area contributed by atoms with Gasteiger partial charge in [0.2, 0.25) is 11.9 Å². The molecule has 0 spiro atoms. The van der Waals surface area contributed by atoms with E-state index in [4.69, 9.17) is 16.6 Å². The zero-order valence-electron chi connectivity index (χ0n) is 20.1. The van der Waals surface area contributed by atoms with Crippen LogP contribution in [0.1, 0.15) is 29.5 Å². The van der Waals surface area contributed by atoms with Gasteiger partial charge in [0.05, 0.1) is 17.6 Å². The van der Waals surface area contributed by atoms with E-state index in [0.717, 1.165) is 60.9 Å². The molecule has 0 aliphatic carbocycles. The number of hydrogen-bond donors (Lipinski definition) is 1. The van der Waals surface area contributed by atoms with Crippen molar-refractivity contribution >= 4 is 34.5 Å². The number of hydrogen-bond acceptors (Lipinski definition) is 3. The van der Waals surface area contributed by atoms with Gasteiger partial charge in [0.25, 0.3) is 0 Å². The van der Waals surface area contributed by atoms with Crippen LogP contribution in [-0.4, -0.2) is 35.1 Å². The summed E-state index contributed by atoms with van der Waals surface area (Å²) in [7, 11) is 0. The van der Waals surface area contributed by atoms with Crippen LogP contribution in [0.3, 0.4) is 0 Å². The van der Waals surface area contributed by atoms with Crippen LogP contribution in [0.25, 0.3) is 11.0 Å². The van der Waals surface area contributed by atoms with Gasteiger partial charge in [-0.15, -0.1) is 0 Å². The van der Waals surface area contributed by atoms with Crippen LogP contribution in [0.2, 0.25) is 5.02 Å². The lowest BCUT2D eigenvalue weighted by Gasteiger charge is -2.32. The van der Waals surface area contributed by atoms with Gasteiger partial charge in [-0.3, -0.25) is 4.79 Å². The van der Waals surface area contributed by atoms with E-state index in [0.29, 0.717) is 6.54 Å². The van der Waals surface area contributed by atoms with Crippen LogP contribution < -0.4 is 10.2 Å². The minimum absolute atomic E-state index is 0.0469. The highest BCUT2D eigenvalue weighted by Crippen LogP contribution is 2.28. The number of amides is 1. The van der Waals surface area contributed by atoms with Crippen molar-refractivity contribution < 1.29 is 4.79 Å². The van der Waals surface area contributed by atoms with Crippen molar-refractivity contribution in [3.8, 4) is 0 Å². The van der Waals surface area contributed by atoms with Crippen molar-refractivity contribution in [3.63, 3.8) is 0 Å². The van der Waals surface area contributed by atoms with Gasteiger partial charge in [-0.25, -0.2) is 4.98 Å². The quantitative estimate of drug-likeness (QED) is 0.368. The van der Waals surface area contributed by atoms with Gasteiger partial charge in [0, 0.05) is 30.6 Å². The molecule has 1 amide bonds. The Morgan fingerprint density at radius 2 is 1.71 bits per heavy atom. The van der Waals surface area contributed by atoms with Crippen LogP contribution in [0.15, 0.2) is 72.8 Å². The predicted molar refractivity (Wildman–Crippen MR) is 143 cm³/mol. The van der Waals surface area contributed by atoms with Gasteiger partial charge in [0.1, 0.15) is 0 Å². The second kappa shape index (κ2) is 10.5. The summed E-state index contributed by atoms with van der Waals surface area (Å²) in [5, 5.41) is 3.86. The average Bonchev–Trinajstić information content (AvgIpc) is 3.25. The van der Waals surface area contributed by atoms with E-state index in [1.807, 2.05) is 30.3 Å². The molecule has 35 heavy (non-hydrogen) atoms.